The Hall–Kier alpha value is -2.61. The lowest BCUT2D eigenvalue weighted by Gasteiger charge is -2.26. The van der Waals surface area contributed by atoms with Crippen LogP contribution in [-0.4, -0.2) is 48.0 Å². The average molecular weight is 347 g/mol. The molecule has 1 aromatic carbocycles. The molecule has 2 amide bonds. The summed E-state index contributed by atoms with van der Waals surface area (Å²) in [6.07, 6.45) is 2.40. The summed E-state index contributed by atoms with van der Waals surface area (Å²) in [6.45, 7) is 1.96. The average Bonchev–Trinajstić information content (AvgIpc) is 3.01. The number of hydrogen-bond donors (Lipinski definition) is 2. The molecule has 0 bridgehead atoms. The molecule has 1 aliphatic rings. The number of nitrogens with zero attached hydrogens (tertiary/aromatic N) is 3. The summed E-state index contributed by atoms with van der Waals surface area (Å²) in [5.74, 6) is 0.277. The van der Waals surface area contributed by atoms with E-state index < -0.39 is 5.82 Å². The summed E-state index contributed by atoms with van der Waals surface area (Å²) in [4.78, 5) is 14.3. The third-order valence-corrected chi connectivity index (χ3v) is 3.99. The van der Waals surface area contributed by atoms with Gasteiger partial charge >= 0.3 is 6.03 Å². The van der Waals surface area contributed by atoms with E-state index in [0.717, 1.165) is 13.1 Å². The lowest BCUT2D eigenvalue weighted by molar-refractivity contribution is 0.227. The molecule has 0 saturated heterocycles. The Labute approximate surface area is 145 Å². The van der Waals surface area contributed by atoms with Crippen LogP contribution in [0.4, 0.5) is 15.0 Å². The van der Waals surface area contributed by atoms with Gasteiger partial charge in [-0.2, -0.15) is 5.10 Å². The van der Waals surface area contributed by atoms with Crippen LogP contribution in [0.15, 0.2) is 30.5 Å². The van der Waals surface area contributed by atoms with Crippen LogP contribution >= 0.6 is 0 Å². The molecule has 3 rings (SSSR count). The molecule has 0 fully saturated rings. The highest BCUT2D eigenvalue weighted by molar-refractivity contribution is 5.88. The maximum absolute atomic E-state index is 13.8. The zero-order valence-corrected chi connectivity index (χ0v) is 14.3. The summed E-state index contributed by atoms with van der Waals surface area (Å²) in [5.41, 5.74) is 0.651. The third-order valence-electron chi connectivity index (χ3n) is 3.99. The van der Waals surface area contributed by atoms with Crippen molar-refractivity contribution in [2.24, 2.45) is 0 Å². The lowest BCUT2D eigenvalue weighted by atomic mass is 10.0. The van der Waals surface area contributed by atoms with Gasteiger partial charge in [-0.25, -0.2) is 9.18 Å². The Morgan fingerprint density at radius 3 is 3.08 bits per heavy atom. The summed E-state index contributed by atoms with van der Waals surface area (Å²) in [7, 11) is 3.98. The number of para-hydroxylation sites is 1. The van der Waals surface area contributed by atoms with Gasteiger partial charge in [-0.3, -0.25) is 10.00 Å². The molecule has 134 valence electrons. The highest BCUT2D eigenvalue weighted by Gasteiger charge is 2.25. The molecule has 1 aromatic heterocycles. The van der Waals surface area contributed by atoms with Gasteiger partial charge < -0.3 is 15.0 Å². The number of amides is 2. The minimum Gasteiger partial charge on any atom is -0.490 e. The molecule has 7 nitrogen and oxygen atoms in total. The molecular formula is C17H22FN5O2. The molecule has 1 aliphatic heterocycles. The number of anilines is 1. The van der Waals surface area contributed by atoms with Gasteiger partial charge in [0.15, 0.2) is 17.4 Å². The first kappa shape index (κ1) is 17.2. The maximum Gasteiger partial charge on any atom is 0.320 e. The van der Waals surface area contributed by atoms with Crippen molar-refractivity contribution in [2.75, 3.05) is 32.6 Å². The molecule has 8 heteroatoms. The molecule has 0 radical (unpaired) electrons. The van der Waals surface area contributed by atoms with Crippen molar-refractivity contribution in [3.05, 3.63) is 41.8 Å². The van der Waals surface area contributed by atoms with Crippen LogP contribution in [0, 0.1) is 5.82 Å². The van der Waals surface area contributed by atoms with Gasteiger partial charge in [0.2, 0.25) is 0 Å². The van der Waals surface area contributed by atoms with Crippen molar-refractivity contribution in [2.45, 2.75) is 19.0 Å². The quantitative estimate of drug-likeness (QED) is 0.870. The zero-order chi connectivity index (χ0) is 17.8. The second kappa shape index (κ2) is 7.52. The SMILES string of the molecule is CN(C)CCn1ccc(NC(=O)NC2CCOc3c(F)cccc32)n1. The largest absolute Gasteiger partial charge is 0.490 e. The number of urea groups is 1. The van der Waals surface area contributed by atoms with Crippen LogP contribution in [0.3, 0.4) is 0 Å². The first-order valence-electron chi connectivity index (χ1n) is 8.20. The third kappa shape index (κ3) is 4.27. The first-order valence-corrected chi connectivity index (χ1v) is 8.20. The number of ether oxygens (including phenoxy) is 1. The number of benzene rings is 1. The normalized spacial score (nSPS) is 16.2. The van der Waals surface area contributed by atoms with Crippen LogP contribution < -0.4 is 15.4 Å². The van der Waals surface area contributed by atoms with Crippen LogP contribution in [-0.2, 0) is 6.54 Å². The molecule has 1 unspecified atom stereocenters. The van der Waals surface area contributed by atoms with Crippen LogP contribution in [0.1, 0.15) is 18.0 Å². The summed E-state index contributed by atoms with van der Waals surface area (Å²) in [6, 6.07) is 5.80. The number of halogens is 1. The molecule has 0 aliphatic carbocycles. The van der Waals surface area contributed by atoms with E-state index in [9.17, 15) is 9.18 Å². The molecule has 2 N–H and O–H groups in total. The highest BCUT2D eigenvalue weighted by Crippen LogP contribution is 2.33. The number of likely N-dealkylation sites (N-methyl/N-ethyl adjacent to an activating group) is 1. The van der Waals surface area contributed by atoms with Gasteiger partial charge in [0.05, 0.1) is 19.2 Å². The predicted molar refractivity (Wildman–Crippen MR) is 92.2 cm³/mol. The van der Waals surface area contributed by atoms with Crippen molar-refractivity contribution < 1.29 is 13.9 Å². The Kier molecular flexibility index (Phi) is 5.18. The monoisotopic (exact) mass is 347 g/mol. The molecular weight excluding hydrogens is 325 g/mol. The molecule has 2 aromatic rings. The molecule has 0 spiro atoms. The number of aromatic nitrogens is 2. The Bertz CT molecular complexity index is 746. The van der Waals surface area contributed by atoms with Crippen LogP contribution in [0.5, 0.6) is 5.75 Å². The number of hydrogen-bond acceptors (Lipinski definition) is 4. The first-order chi connectivity index (χ1) is 12.0. The van der Waals surface area contributed by atoms with E-state index in [2.05, 4.69) is 20.6 Å². The second-order valence-corrected chi connectivity index (χ2v) is 6.21. The van der Waals surface area contributed by atoms with Gasteiger partial charge in [-0.15, -0.1) is 0 Å². The molecule has 2 heterocycles. The number of fused-ring (bicyclic) bond motifs is 1. The van der Waals surface area contributed by atoms with Crippen LogP contribution in [0.2, 0.25) is 0 Å². The van der Waals surface area contributed by atoms with Crippen molar-refractivity contribution in [1.29, 1.82) is 0 Å². The molecule has 25 heavy (non-hydrogen) atoms. The van der Waals surface area contributed by atoms with Gasteiger partial charge in [0.1, 0.15) is 0 Å². The number of rotatable bonds is 5. The summed E-state index contributed by atoms with van der Waals surface area (Å²) in [5, 5.41) is 9.88. The van der Waals surface area contributed by atoms with E-state index in [4.69, 9.17) is 4.74 Å². The van der Waals surface area contributed by atoms with Gasteiger partial charge in [-0.05, 0) is 20.2 Å². The van der Waals surface area contributed by atoms with E-state index >= 15 is 0 Å². The Balaban J connectivity index is 1.60. The van der Waals surface area contributed by atoms with E-state index in [1.165, 1.54) is 6.07 Å². The van der Waals surface area contributed by atoms with E-state index in [1.807, 2.05) is 20.3 Å². The molecule has 1 atom stereocenters. The van der Waals surface area contributed by atoms with Crippen LogP contribution in [0.25, 0.3) is 0 Å². The minimum absolute atomic E-state index is 0.215. The smallest absolute Gasteiger partial charge is 0.320 e. The van der Waals surface area contributed by atoms with Crippen molar-refractivity contribution >= 4 is 11.8 Å². The standard InChI is InChI=1S/C17H22FN5O2/c1-22(2)9-10-23-8-6-15(21-23)20-17(24)19-14-7-11-25-16-12(14)4-3-5-13(16)18/h3-6,8,14H,7,9-11H2,1-2H3,(H2,19,20,21,24). The number of carbonyl (C=O) groups excluding carboxylic acids is 1. The maximum atomic E-state index is 13.8. The number of nitrogens with one attached hydrogen (secondary N) is 2. The van der Waals surface area contributed by atoms with Gasteiger partial charge in [-0.1, -0.05) is 12.1 Å². The van der Waals surface area contributed by atoms with E-state index in [1.54, 1.807) is 22.9 Å². The molecule has 0 saturated carbocycles. The fourth-order valence-electron chi connectivity index (χ4n) is 2.70. The number of carbonyl (C=O) groups is 1. The second-order valence-electron chi connectivity index (χ2n) is 6.21. The van der Waals surface area contributed by atoms with Gasteiger partial charge in [0.25, 0.3) is 0 Å². The lowest BCUT2D eigenvalue weighted by Crippen LogP contribution is -2.35. The van der Waals surface area contributed by atoms with E-state index in [0.29, 0.717) is 24.4 Å². The fraction of sp³-hybridized carbons (Fsp3) is 0.412. The summed E-state index contributed by atoms with van der Waals surface area (Å²) < 4.78 is 20.9. The van der Waals surface area contributed by atoms with E-state index in [-0.39, 0.29) is 17.8 Å². The Morgan fingerprint density at radius 2 is 2.28 bits per heavy atom. The Morgan fingerprint density at radius 1 is 1.44 bits per heavy atom. The topological polar surface area (TPSA) is 71.4 Å². The highest BCUT2D eigenvalue weighted by atomic mass is 19.1. The fourth-order valence-corrected chi connectivity index (χ4v) is 2.70. The summed E-state index contributed by atoms with van der Waals surface area (Å²) >= 11 is 0. The zero-order valence-electron chi connectivity index (χ0n) is 14.3. The van der Waals surface area contributed by atoms with Crippen molar-refractivity contribution in [3.63, 3.8) is 0 Å². The van der Waals surface area contributed by atoms with Gasteiger partial charge in [0, 0.05) is 30.8 Å². The van der Waals surface area contributed by atoms with Crippen molar-refractivity contribution in [1.82, 2.24) is 20.0 Å². The minimum atomic E-state index is -0.413. The predicted octanol–water partition coefficient (Wildman–Crippen LogP) is 2.23. The van der Waals surface area contributed by atoms with Crippen molar-refractivity contribution in [3.8, 4) is 5.75 Å².